The van der Waals surface area contributed by atoms with Gasteiger partial charge in [0, 0.05) is 16.0 Å². The van der Waals surface area contributed by atoms with Gasteiger partial charge in [-0.2, -0.15) is 0 Å². The predicted molar refractivity (Wildman–Crippen MR) is 155 cm³/mol. The first-order valence-electron chi connectivity index (χ1n) is 12.4. The van der Waals surface area contributed by atoms with Gasteiger partial charge in [0.05, 0.1) is 28.9 Å². The number of ether oxygens (including phenoxy) is 2. The Morgan fingerprint density at radius 1 is 0.949 bits per heavy atom. The minimum absolute atomic E-state index is 0.130. The second-order valence-corrected chi connectivity index (χ2v) is 11.4. The number of para-hydroxylation sites is 1. The van der Waals surface area contributed by atoms with Gasteiger partial charge in [0.2, 0.25) is 0 Å². The van der Waals surface area contributed by atoms with Gasteiger partial charge in [-0.3, -0.25) is 4.79 Å². The zero-order valence-electron chi connectivity index (χ0n) is 22.6. The Morgan fingerprint density at radius 3 is 2.26 bits per heavy atom. The van der Waals surface area contributed by atoms with Crippen LogP contribution in [0, 0.1) is 13.8 Å². The number of fused-ring (bicyclic) bond motifs is 1. The average Bonchev–Trinajstić information content (AvgIpc) is 3.19. The van der Waals surface area contributed by atoms with E-state index in [0.29, 0.717) is 38.3 Å². The first kappa shape index (κ1) is 28.3. The number of amides is 1. The van der Waals surface area contributed by atoms with Crippen molar-refractivity contribution in [3.05, 3.63) is 80.7 Å². The molecule has 0 fully saturated rings. The van der Waals surface area contributed by atoms with Crippen molar-refractivity contribution in [3.8, 4) is 11.3 Å². The molecule has 0 radical (unpaired) electrons. The van der Waals surface area contributed by atoms with Gasteiger partial charge < -0.3 is 14.8 Å². The molecule has 1 N–H and O–H groups in total. The van der Waals surface area contributed by atoms with Crippen molar-refractivity contribution >= 4 is 56.7 Å². The SMILES string of the molecule is CCOC(=O)c1c(NC(=O)c2c(C)c(-c3ccc(Cl)cc3)nc3ccccc23)sc(C(=O)OC(C)(C)C)c1C. The van der Waals surface area contributed by atoms with Gasteiger partial charge >= 0.3 is 11.9 Å². The maximum absolute atomic E-state index is 13.9. The standard InChI is InChI=1S/C30H29ClN2O5S/c1-7-37-28(35)23-17(3)25(29(36)38-30(4,5)6)39-27(23)33-26(34)22-16(2)24(18-12-14-19(31)15-13-18)32-21-11-9-8-10-20(21)22/h8-15H,7H2,1-6H3,(H,33,34). The lowest BCUT2D eigenvalue weighted by molar-refractivity contribution is 0.00744. The fourth-order valence-electron chi connectivity index (χ4n) is 4.22. The van der Waals surface area contributed by atoms with E-state index >= 15 is 0 Å². The highest BCUT2D eigenvalue weighted by Crippen LogP contribution is 2.37. The number of hydrogen-bond donors (Lipinski definition) is 1. The summed E-state index contributed by atoms with van der Waals surface area (Å²) >= 11 is 7.07. The largest absolute Gasteiger partial charge is 0.462 e. The van der Waals surface area contributed by atoms with Crippen LogP contribution in [0.15, 0.2) is 48.5 Å². The number of anilines is 1. The van der Waals surface area contributed by atoms with E-state index in [-0.39, 0.29) is 22.0 Å². The van der Waals surface area contributed by atoms with E-state index < -0.39 is 23.4 Å². The van der Waals surface area contributed by atoms with E-state index in [9.17, 15) is 14.4 Å². The summed E-state index contributed by atoms with van der Waals surface area (Å²) in [4.78, 5) is 44.8. The van der Waals surface area contributed by atoms with Crippen LogP contribution in [0.3, 0.4) is 0 Å². The van der Waals surface area contributed by atoms with Crippen molar-refractivity contribution < 1.29 is 23.9 Å². The second kappa shape index (κ2) is 11.2. The van der Waals surface area contributed by atoms with Gasteiger partial charge in [0.25, 0.3) is 5.91 Å². The number of carbonyl (C=O) groups is 3. The molecule has 2 aromatic heterocycles. The number of nitrogens with one attached hydrogen (secondary N) is 1. The molecule has 4 aromatic rings. The van der Waals surface area contributed by atoms with Gasteiger partial charge in [0.15, 0.2) is 0 Å². The van der Waals surface area contributed by atoms with Crippen LogP contribution < -0.4 is 5.32 Å². The highest BCUT2D eigenvalue weighted by molar-refractivity contribution is 7.18. The molecular formula is C30H29ClN2O5S. The molecule has 4 rings (SSSR count). The van der Waals surface area contributed by atoms with Crippen LogP contribution in [-0.4, -0.2) is 35.0 Å². The zero-order chi connectivity index (χ0) is 28.5. The van der Waals surface area contributed by atoms with Crippen molar-refractivity contribution in [2.75, 3.05) is 11.9 Å². The third-order valence-electron chi connectivity index (χ3n) is 5.92. The molecule has 9 heteroatoms. The molecule has 0 aliphatic heterocycles. The third-order valence-corrected chi connectivity index (χ3v) is 7.36. The lowest BCUT2D eigenvalue weighted by Crippen LogP contribution is -2.23. The number of benzene rings is 2. The molecule has 0 saturated heterocycles. The van der Waals surface area contributed by atoms with Crippen LogP contribution in [-0.2, 0) is 9.47 Å². The number of thiophene rings is 1. The van der Waals surface area contributed by atoms with E-state index in [2.05, 4.69) is 5.32 Å². The fourth-order valence-corrected chi connectivity index (χ4v) is 5.42. The van der Waals surface area contributed by atoms with Crippen molar-refractivity contribution in [2.45, 2.75) is 47.1 Å². The van der Waals surface area contributed by atoms with E-state index in [1.54, 1.807) is 46.8 Å². The topological polar surface area (TPSA) is 94.6 Å². The predicted octanol–water partition coefficient (Wildman–Crippen LogP) is 7.62. The van der Waals surface area contributed by atoms with Gasteiger partial charge in [-0.1, -0.05) is 41.9 Å². The molecule has 0 spiro atoms. The van der Waals surface area contributed by atoms with Crippen molar-refractivity contribution in [2.24, 2.45) is 0 Å². The Labute approximate surface area is 236 Å². The van der Waals surface area contributed by atoms with Crippen LogP contribution >= 0.6 is 22.9 Å². The molecular weight excluding hydrogens is 536 g/mol. The molecule has 0 bridgehead atoms. The molecule has 0 aliphatic carbocycles. The maximum atomic E-state index is 13.9. The molecule has 0 atom stereocenters. The number of nitrogens with zero attached hydrogens (tertiary/aromatic N) is 1. The van der Waals surface area contributed by atoms with Gasteiger partial charge in [-0.05, 0) is 70.9 Å². The monoisotopic (exact) mass is 564 g/mol. The fraction of sp³-hybridized carbons (Fsp3) is 0.267. The van der Waals surface area contributed by atoms with Crippen molar-refractivity contribution in [1.82, 2.24) is 4.98 Å². The van der Waals surface area contributed by atoms with Crippen LogP contribution in [0.25, 0.3) is 22.2 Å². The lowest BCUT2D eigenvalue weighted by atomic mass is 9.97. The van der Waals surface area contributed by atoms with E-state index in [1.165, 1.54) is 0 Å². The van der Waals surface area contributed by atoms with E-state index in [1.807, 2.05) is 43.3 Å². The molecule has 2 heterocycles. The van der Waals surface area contributed by atoms with E-state index in [0.717, 1.165) is 16.9 Å². The van der Waals surface area contributed by atoms with Crippen molar-refractivity contribution in [1.29, 1.82) is 0 Å². The summed E-state index contributed by atoms with van der Waals surface area (Å²) in [6, 6.07) is 14.6. The number of esters is 2. The number of carbonyl (C=O) groups excluding carboxylic acids is 3. The lowest BCUT2D eigenvalue weighted by Gasteiger charge is -2.19. The normalized spacial score (nSPS) is 11.4. The average molecular weight is 565 g/mol. The number of aromatic nitrogens is 1. The van der Waals surface area contributed by atoms with E-state index in [4.69, 9.17) is 26.1 Å². The molecule has 0 saturated carbocycles. The summed E-state index contributed by atoms with van der Waals surface area (Å²) in [5.74, 6) is -1.65. The quantitative estimate of drug-likeness (QED) is 0.242. The minimum atomic E-state index is -0.730. The van der Waals surface area contributed by atoms with Crippen LogP contribution in [0.1, 0.15) is 69.2 Å². The van der Waals surface area contributed by atoms with Gasteiger partial charge in [-0.25, -0.2) is 14.6 Å². The van der Waals surface area contributed by atoms with Crippen LogP contribution in [0.2, 0.25) is 5.02 Å². The molecule has 39 heavy (non-hydrogen) atoms. The van der Waals surface area contributed by atoms with Gasteiger partial charge in [-0.15, -0.1) is 11.3 Å². The summed E-state index contributed by atoms with van der Waals surface area (Å²) in [5, 5.41) is 4.35. The summed E-state index contributed by atoms with van der Waals surface area (Å²) in [7, 11) is 0. The van der Waals surface area contributed by atoms with Crippen molar-refractivity contribution in [3.63, 3.8) is 0 Å². The summed E-state index contributed by atoms with van der Waals surface area (Å²) in [5.41, 5.74) is 2.94. The third kappa shape index (κ3) is 5.97. The summed E-state index contributed by atoms with van der Waals surface area (Å²) < 4.78 is 10.8. The Hall–Kier alpha value is -3.75. The smallest absolute Gasteiger partial charge is 0.349 e. The summed E-state index contributed by atoms with van der Waals surface area (Å²) in [6.45, 7) is 10.6. The molecule has 0 unspecified atom stereocenters. The number of halogens is 1. The Kier molecular flexibility index (Phi) is 8.09. The Bertz CT molecular complexity index is 1590. The Balaban J connectivity index is 1.84. The number of rotatable bonds is 6. The molecule has 1 amide bonds. The molecule has 7 nitrogen and oxygen atoms in total. The Morgan fingerprint density at radius 2 is 1.62 bits per heavy atom. The van der Waals surface area contributed by atoms with Crippen LogP contribution in [0.5, 0.6) is 0 Å². The molecule has 2 aromatic carbocycles. The molecule has 0 aliphatic rings. The highest BCUT2D eigenvalue weighted by Gasteiger charge is 2.30. The number of hydrogen-bond acceptors (Lipinski definition) is 7. The molecule has 202 valence electrons. The first-order valence-corrected chi connectivity index (χ1v) is 13.6. The maximum Gasteiger partial charge on any atom is 0.349 e. The number of pyridine rings is 1. The zero-order valence-corrected chi connectivity index (χ0v) is 24.2. The van der Waals surface area contributed by atoms with Gasteiger partial charge in [0.1, 0.15) is 15.5 Å². The van der Waals surface area contributed by atoms with Crippen LogP contribution in [0.4, 0.5) is 5.00 Å². The minimum Gasteiger partial charge on any atom is -0.462 e. The first-order chi connectivity index (χ1) is 18.4. The highest BCUT2D eigenvalue weighted by atomic mass is 35.5. The summed E-state index contributed by atoms with van der Waals surface area (Å²) in [6.07, 6.45) is 0. The second-order valence-electron chi connectivity index (χ2n) is 9.92.